The molecule has 0 aromatic heterocycles. The standard InChI is InChI=1S/C15H24O4/c1-5-14(2,3)13(17)19-12-7-6-10-8-15(12,4)18-9-11(10)16/h10,12H,5-9H2,1-4H3. The summed E-state index contributed by atoms with van der Waals surface area (Å²) >= 11 is 0. The summed E-state index contributed by atoms with van der Waals surface area (Å²) in [5.74, 6) is 0.115. The van der Waals surface area contributed by atoms with Crippen LogP contribution in [0.25, 0.3) is 0 Å². The first-order valence-corrected chi connectivity index (χ1v) is 7.16. The maximum absolute atomic E-state index is 12.2. The first-order chi connectivity index (χ1) is 8.78. The third-order valence-corrected chi connectivity index (χ3v) is 4.80. The van der Waals surface area contributed by atoms with Gasteiger partial charge in [-0.05, 0) is 46.5 Å². The second-order valence-corrected chi connectivity index (χ2v) is 6.68. The topological polar surface area (TPSA) is 52.6 Å². The summed E-state index contributed by atoms with van der Waals surface area (Å²) in [5.41, 5.74) is -0.950. The Hall–Kier alpha value is -0.900. The van der Waals surface area contributed by atoms with Crippen LogP contribution in [0.1, 0.15) is 53.4 Å². The van der Waals surface area contributed by atoms with Crippen molar-refractivity contribution in [2.24, 2.45) is 11.3 Å². The molecule has 2 rings (SSSR count). The molecule has 3 unspecified atom stereocenters. The Morgan fingerprint density at radius 2 is 2.16 bits per heavy atom. The minimum absolute atomic E-state index is 0.0906. The molecule has 2 fully saturated rings. The summed E-state index contributed by atoms with van der Waals surface area (Å²) in [5, 5.41) is 0. The number of carbonyl (C=O) groups is 2. The summed E-state index contributed by atoms with van der Waals surface area (Å²) in [6, 6.07) is 0. The van der Waals surface area contributed by atoms with Crippen molar-refractivity contribution in [3.05, 3.63) is 0 Å². The van der Waals surface area contributed by atoms with Gasteiger partial charge >= 0.3 is 5.97 Å². The van der Waals surface area contributed by atoms with E-state index in [0.29, 0.717) is 6.42 Å². The van der Waals surface area contributed by atoms with Gasteiger partial charge in [-0.2, -0.15) is 0 Å². The molecule has 4 nitrogen and oxygen atoms in total. The van der Waals surface area contributed by atoms with E-state index in [1.54, 1.807) is 0 Å². The average molecular weight is 268 g/mol. The number of fused-ring (bicyclic) bond motifs is 2. The average Bonchev–Trinajstić information content (AvgIpc) is 2.37. The van der Waals surface area contributed by atoms with E-state index in [9.17, 15) is 9.59 Å². The monoisotopic (exact) mass is 268 g/mol. The molecule has 1 aliphatic heterocycles. The lowest BCUT2D eigenvalue weighted by molar-refractivity contribution is -0.203. The highest BCUT2D eigenvalue weighted by Crippen LogP contribution is 2.41. The van der Waals surface area contributed by atoms with Crippen LogP contribution in [0.4, 0.5) is 0 Å². The molecule has 1 aliphatic carbocycles. The zero-order chi connectivity index (χ0) is 14.3. The van der Waals surface area contributed by atoms with E-state index in [1.165, 1.54) is 0 Å². The fourth-order valence-electron chi connectivity index (χ4n) is 2.78. The quantitative estimate of drug-likeness (QED) is 0.738. The highest BCUT2D eigenvalue weighted by molar-refractivity contribution is 5.83. The van der Waals surface area contributed by atoms with Crippen LogP contribution in [0.15, 0.2) is 0 Å². The molecule has 1 heterocycles. The Morgan fingerprint density at radius 1 is 1.47 bits per heavy atom. The van der Waals surface area contributed by atoms with Gasteiger partial charge in [0, 0.05) is 5.92 Å². The first kappa shape index (κ1) is 14.5. The maximum atomic E-state index is 12.2. The lowest BCUT2D eigenvalue weighted by atomic mass is 9.73. The van der Waals surface area contributed by atoms with Crippen LogP contribution in [0.2, 0.25) is 0 Å². The summed E-state index contributed by atoms with van der Waals surface area (Å²) < 4.78 is 11.4. The Balaban J connectivity index is 2.06. The zero-order valence-electron chi connectivity index (χ0n) is 12.3. The maximum Gasteiger partial charge on any atom is 0.311 e. The van der Waals surface area contributed by atoms with Crippen molar-refractivity contribution in [2.75, 3.05) is 6.61 Å². The highest BCUT2D eigenvalue weighted by Gasteiger charge is 2.49. The van der Waals surface area contributed by atoms with Crippen molar-refractivity contribution in [3.63, 3.8) is 0 Å². The van der Waals surface area contributed by atoms with Gasteiger partial charge in [0.05, 0.1) is 5.41 Å². The number of hydrogen-bond acceptors (Lipinski definition) is 4. The Labute approximate surface area is 114 Å². The van der Waals surface area contributed by atoms with Crippen LogP contribution < -0.4 is 0 Å². The fourth-order valence-corrected chi connectivity index (χ4v) is 2.78. The zero-order valence-corrected chi connectivity index (χ0v) is 12.3. The molecular weight excluding hydrogens is 244 g/mol. The van der Waals surface area contributed by atoms with E-state index in [-0.39, 0.29) is 30.4 Å². The molecule has 108 valence electrons. The van der Waals surface area contributed by atoms with Gasteiger partial charge in [0.2, 0.25) is 0 Å². The van der Waals surface area contributed by atoms with Gasteiger partial charge in [-0.1, -0.05) is 6.92 Å². The van der Waals surface area contributed by atoms with Crippen molar-refractivity contribution in [1.82, 2.24) is 0 Å². The van der Waals surface area contributed by atoms with Crippen LogP contribution in [0, 0.1) is 11.3 Å². The van der Waals surface area contributed by atoms with E-state index in [2.05, 4.69) is 0 Å². The minimum atomic E-state index is -0.490. The molecule has 2 aliphatic rings. The van der Waals surface area contributed by atoms with Crippen LogP contribution in [-0.4, -0.2) is 30.1 Å². The largest absolute Gasteiger partial charge is 0.459 e. The fraction of sp³-hybridized carbons (Fsp3) is 0.867. The number of ether oxygens (including phenoxy) is 2. The van der Waals surface area contributed by atoms with Crippen LogP contribution in [-0.2, 0) is 19.1 Å². The lowest BCUT2D eigenvalue weighted by Crippen LogP contribution is -2.55. The molecule has 3 atom stereocenters. The third-order valence-electron chi connectivity index (χ3n) is 4.80. The number of Topliss-reactive ketones (excluding diaryl/α,β-unsaturated/α-hetero) is 1. The van der Waals surface area contributed by atoms with Crippen molar-refractivity contribution < 1.29 is 19.1 Å². The van der Waals surface area contributed by atoms with Crippen LogP contribution in [0.5, 0.6) is 0 Å². The van der Waals surface area contributed by atoms with Gasteiger partial charge in [-0.3, -0.25) is 9.59 Å². The van der Waals surface area contributed by atoms with E-state index < -0.39 is 11.0 Å². The van der Waals surface area contributed by atoms with Crippen molar-refractivity contribution in [1.29, 1.82) is 0 Å². The van der Waals surface area contributed by atoms with E-state index in [0.717, 1.165) is 19.3 Å². The lowest BCUT2D eigenvalue weighted by Gasteiger charge is -2.47. The van der Waals surface area contributed by atoms with Crippen LogP contribution in [0.3, 0.4) is 0 Å². The molecular formula is C15H24O4. The predicted octanol–water partition coefficient (Wildman–Crippen LogP) is 2.49. The van der Waals surface area contributed by atoms with Gasteiger partial charge in [-0.15, -0.1) is 0 Å². The molecule has 1 saturated carbocycles. The highest BCUT2D eigenvalue weighted by atomic mass is 16.6. The number of rotatable bonds is 3. The van der Waals surface area contributed by atoms with E-state index in [4.69, 9.17) is 9.47 Å². The number of ketones is 1. The van der Waals surface area contributed by atoms with Gasteiger partial charge in [0.15, 0.2) is 5.78 Å². The molecule has 0 aromatic rings. The van der Waals surface area contributed by atoms with E-state index >= 15 is 0 Å². The number of carbonyl (C=O) groups excluding carboxylic acids is 2. The molecule has 0 spiro atoms. The third kappa shape index (κ3) is 2.69. The summed E-state index contributed by atoms with van der Waals surface area (Å²) in [7, 11) is 0. The minimum Gasteiger partial charge on any atom is -0.459 e. The number of hydrogen-bond donors (Lipinski definition) is 0. The molecule has 2 bridgehead atoms. The number of esters is 1. The Morgan fingerprint density at radius 3 is 2.79 bits per heavy atom. The predicted molar refractivity (Wildman–Crippen MR) is 70.7 cm³/mol. The molecule has 0 radical (unpaired) electrons. The molecule has 0 N–H and O–H groups in total. The Kier molecular flexibility index (Phi) is 3.74. The SMILES string of the molecule is CCC(C)(C)C(=O)OC1CCC2CC1(C)OCC2=O. The molecule has 0 aromatic carbocycles. The molecule has 19 heavy (non-hydrogen) atoms. The van der Waals surface area contributed by atoms with Crippen LogP contribution >= 0.6 is 0 Å². The normalized spacial score (nSPS) is 35.1. The van der Waals surface area contributed by atoms with Gasteiger partial charge in [0.25, 0.3) is 0 Å². The molecule has 0 amide bonds. The van der Waals surface area contributed by atoms with E-state index in [1.807, 2.05) is 27.7 Å². The van der Waals surface area contributed by atoms with Gasteiger partial charge in [0.1, 0.15) is 18.3 Å². The smallest absolute Gasteiger partial charge is 0.311 e. The summed E-state index contributed by atoms with van der Waals surface area (Å²) in [4.78, 5) is 23.8. The summed E-state index contributed by atoms with van der Waals surface area (Å²) in [6.07, 6.45) is 2.73. The summed E-state index contributed by atoms with van der Waals surface area (Å²) in [6.45, 7) is 7.90. The second kappa shape index (κ2) is 4.89. The second-order valence-electron chi connectivity index (χ2n) is 6.68. The van der Waals surface area contributed by atoms with Gasteiger partial charge < -0.3 is 9.47 Å². The van der Waals surface area contributed by atoms with Gasteiger partial charge in [-0.25, -0.2) is 0 Å². The molecule has 1 saturated heterocycles. The van der Waals surface area contributed by atoms with Crippen molar-refractivity contribution in [2.45, 2.75) is 65.1 Å². The first-order valence-electron chi connectivity index (χ1n) is 7.16. The molecule has 4 heteroatoms. The van der Waals surface area contributed by atoms with Crippen molar-refractivity contribution >= 4 is 11.8 Å². The Bertz CT molecular complexity index is 388. The van der Waals surface area contributed by atoms with Crippen molar-refractivity contribution in [3.8, 4) is 0 Å².